The van der Waals surface area contributed by atoms with E-state index >= 15 is 0 Å². The van der Waals surface area contributed by atoms with E-state index in [4.69, 9.17) is 33.2 Å². The number of hydrogen-bond donors (Lipinski definition) is 12. The molecule has 7 fully saturated rings. The molecule has 8 rings (SSSR count). The van der Waals surface area contributed by atoms with Crippen molar-refractivity contribution in [3.8, 4) is 0 Å². The lowest BCUT2D eigenvalue weighted by Crippen LogP contribution is -2.64. The molecule has 0 amide bonds. The Morgan fingerprint density at radius 2 is 1.38 bits per heavy atom. The molecular formula is C45H74O19. The number of rotatable bonds is 12. The Bertz CT molecular complexity index is 1660. The molecule has 4 saturated heterocycles. The maximum absolute atomic E-state index is 12.8. The zero-order valence-corrected chi connectivity index (χ0v) is 37.5. The van der Waals surface area contributed by atoms with Crippen LogP contribution in [0.15, 0.2) is 11.6 Å². The summed E-state index contributed by atoms with van der Waals surface area (Å²) in [4.78, 5) is 0. The predicted octanol–water partition coefficient (Wildman–Crippen LogP) is -1.72. The van der Waals surface area contributed by atoms with Crippen LogP contribution in [0.3, 0.4) is 0 Å². The normalized spacial score (nSPS) is 55.5. The minimum atomic E-state index is -1.67. The molecule has 19 heteroatoms. The van der Waals surface area contributed by atoms with Crippen LogP contribution in [0, 0.1) is 40.4 Å². The van der Waals surface area contributed by atoms with E-state index in [2.05, 4.69) is 19.9 Å². The molecule has 0 aromatic carbocycles. The Hall–Kier alpha value is -1.02. The van der Waals surface area contributed by atoms with E-state index in [1.54, 1.807) is 0 Å². The summed E-state index contributed by atoms with van der Waals surface area (Å²) in [7, 11) is 0. The molecule has 19 nitrogen and oxygen atoms in total. The smallest absolute Gasteiger partial charge is 0.187 e. The average molecular weight is 919 g/mol. The van der Waals surface area contributed by atoms with Gasteiger partial charge in [0.25, 0.3) is 0 Å². The van der Waals surface area contributed by atoms with E-state index in [1.165, 1.54) is 12.5 Å². The first-order chi connectivity index (χ1) is 30.1. The molecule has 0 aromatic heterocycles. The maximum atomic E-state index is 12.8. The summed E-state index contributed by atoms with van der Waals surface area (Å²) in [5.74, 6) is -1.61. The second-order valence-electron chi connectivity index (χ2n) is 21.1. The van der Waals surface area contributed by atoms with Crippen LogP contribution in [0.4, 0.5) is 0 Å². The van der Waals surface area contributed by atoms with Crippen molar-refractivity contribution in [3.05, 3.63) is 11.6 Å². The molecule has 26 atom stereocenters. The van der Waals surface area contributed by atoms with Gasteiger partial charge in [-0.2, -0.15) is 0 Å². The summed E-state index contributed by atoms with van der Waals surface area (Å²) in [5.41, 5.74) is -0.710. The highest BCUT2D eigenvalue weighted by atomic mass is 16.8. The van der Waals surface area contributed by atoms with Gasteiger partial charge < -0.3 is 94.4 Å². The summed E-state index contributed by atoms with van der Waals surface area (Å²) in [6.07, 6.45) is -13.8. The van der Waals surface area contributed by atoms with Gasteiger partial charge in [0.05, 0.1) is 38.1 Å². The summed E-state index contributed by atoms with van der Waals surface area (Å²) in [6, 6.07) is 0. The number of allylic oxidation sites excluding steroid dienone is 1. The zero-order valence-electron chi connectivity index (χ0n) is 37.5. The van der Waals surface area contributed by atoms with Gasteiger partial charge >= 0.3 is 0 Å². The Balaban J connectivity index is 0.901. The van der Waals surface area contributed by atoms with Crippen LogP contribution in [-0.2, 0) is 33.2 Å². The van der Waals surface area contributed by atoms with E-state index in [9.17, 15) is 61.3 Å². The fourth-order valence-electron chi connectivity index (χ4n) is 13.4. The van der Waals surface area contributed by atoms with Crippen LogP contribution in [0.5, 0.6) is 0 Å². The van der Waals surface area contributed by atoms with E-state index < -0.39 is 134 Å². The van der Waals surface area contributed by atoms with Crippen molar-refractivity contribution in [3.63, 3.8) is 0 Å². The number of aliphatic hydroxyl groups excluding tert-OH is 10. The minimum Gasteiger partial charge on any atom is -0.394 e. The lowest BCUT2D eigenvalue weighted by molar-refractivity contribution is -0.369. The van der Waals surface area contributed by atoms with Gasteiger partial charge in [-0.05, 0) is 87.4 Å². The van der Waals surface area contributed by atoms with Gasteiger partial charge in [0.15, 0.2) is 24.7 Å². The van der Waals surface area contributed by atoms with Gasteiger partial charge in [-0.15, -0.1) is 0 Å². The molecule has 3 saturated carbocycles. The molecule has 4 aliphatic carbocycles. The lowest BCUT2D eigenvalue weighted by atomic mass is 9.46. The SMILES string of the molecule is CC(CCC1(O)O[C@H]2C[C@H]3[C@@H]4CC=C5C[C@@H](O[C@@H]6O[C@H](CO)[C@@H](O)[C@H](O)[C@H]6O[C@@H]6O[C@@H](C)[C@H](O)[C@@H](O)[C@H]6O)CC[C@]5(C)[C@H]4CC[C@]3(C)[C@@]2(O)[C@@H]1C)CO[C@@H]1O[C@H](CO)[C@@H](O)[C@H](O)[C@H]1O. The number of ether oxygens (including phenoxy) is 7. The standard InChI is InChI=1S/C45H74O19/c1-19(18-58-39-36(54)34(52)31(49)27(16-46)61-39)8-13-44(56)21(3)45(57)29(64-44)15-26-24-7-6-22-14-23(9-11-42(22,4)25(24)10-12-43(26,45)5)60-41-38(35(53)32(50)28(17-47)62-41)63-40-37(55)33(51)30(48)20(2)59-40/h6,19-21,23-41,46-57H,7-18H2,1-5H3/t19?,20-,21+,23-,24+,25-,26-,27+,28+,29-,30-,31+,32+,33+,34-,35-,36+,37+,38+,39+,40-,41+,42-,43-,44?,45+/m0/s1. The number of aliphatic hydroxyl groups is 12. The minimum absolute atomic E-state index is 0.101. The third-order valence-corrected chi connectivity index (χ3v) is 17.6. The molecule has 0 spiro atoms. The van der Waals surface area contributed by atoms with Gasteiger partial charge in [0, 0.05) is 17.8 Å². The highest BCUT2D eigenvalue weighted by molar-refractivity contribution is 5.29. The van der Waals surface area contributed by atoms with Crippen molar-refractivity contribution in [2.24, 2.45) is 40.4 Å². The molecule has 2 unspecified atom stereocenters. The van der Waals surface area contributed by atoms with Gasteiger partial charge in [0.1, 0.15) is 72.7 Å². The summed E-state index contributed by atoms with van der Waals surface area (Å²) in [6.45, 7) is 8.70. The second-order valence-corrected chi connectivity index (χ2v) is 21.1. The average Bonchev–Trinajstić information content (AvgIpc) is 3.62. The molecule has 0 aromatic rings. The van der Waals surface area contributed by atoms with Crippen LogP contribution in [0.25, 0.3) is 0 Å². The highest BCUT2D eigenvalue weighted by Crippen LogP contribution is 2.71. The van der Waals surface area contributed by atoms with E-state index in [0.29, 0.717) is 31.6 Å². The molecule has 64 heavy (non-hydrogen) atoms. The fourth-order valence-corrected chi connectivity index (χ4v) is 13.4. The lowest BCUT2D eigenvalue weighted by Gasteiger charge is -2.59. The summed E-state index contributed by atoms with van der Waals surface area (Å²) in [5, 5.41) is 128. The zero-order chi connectivity index (χ0) is 46.4. The van der Waals surface area contributed by atoms with E-state index in [1.807, 2.05) is 13.8 Å². The molecular weight excluding hydrogens is 844 g/mol. The van der Waals surface area contributed by atoms with Gasteiger partial charge in [-0.25, -0.2) is 0 Å². The molecule has 368 valence electrons. The second kappa shape index (κ2) is 18.4. The topological polar surface area (TPSA) is 307 Å². The van der Waals surface area contributed by atoms with E-state index in [0.717, 1.165) is 25.7 Å². The van der Waals surface area contributed by atoms with Crippen molar-refractivity contribution in [2.45, 2.75) is 208 Å². The van der Waals surface area contributed by atoms with Crippen molar-refractivity contribution in [1.29, 1.82) is 0 Å². The third-order valence-electron chi connectivity index (χ3n) is 17.6. The Morgan fingerprint density at radius 3 is 2.06 bits per heavy atom. The quantitative estimate of drug-likeness (QED) is 0.0970. The highest BCUT2D eigenvalue weighted by Gasteiger charge is 2.75. The monoisotopic (exact) mass is 918 g/mol. The Morgan fingerprint density at radius 1 is 0.734 bits per heavy atom. The first-order valence-electron chi connectivity index (χ1n) is 23.5. The van der Waals surface area contributed by atoms with Crippen LogP contribution in [0.2, 0.25) is 0 Å². The van der Waals surface area contributed by atoms with Crippen molar-refractivity contribution >= 4 is 0 Å². The first-order valence-corrected chi connectivity index (χ1v) is 23.5. The summed E-state index contributed by atoms with van der Waals surface area (Å²) >= 11 is 0. The van der Waals surface area contributed by atoms with Crippen molar-refractivity contribution in [1.82, 2.24) is 0 Å². The fraction of sp³-hybridized carbons (Fsp3) is 0.956. The van der Waals surface area contributed by atoms with Crippen molar-refractivity contribution < 1.29 is 94.4 Å². The molecule has 0 bridgehead atoms. The number of hydrogen-bond acceptors (Lipinski definition) is 19. The Kier molecular flexibility index (Phi) is 14.2. The summed E-state index contributed by atoms with van der Waals surface area (Å²) < 4.78 is 41.8. The van der Waals surface area contributed by atoms with Gasteiger partial charge in [-0.3, -0.25) is 0 Å². The molecule has 0 radical (unpaired) electrons. The largest absolute Gasteiger partial charge is 0.394 e. The van der Waals surface area contributed by atoms with Crippen LogP contribution < -0.4 is 0 Å². The molecule has 8 aliphatic rings. The predicted molar refractivity (Wildman–Crippen MR) is 219 cm³/mol. The molecule has 4 heterocycles. The first kappa shape index (κ1) is 49.4. The molecule has 12 N–H and O–H groups in total. The van der Waals surface area contributed by atoms with Crippen LogP contribution in [0.1, 0.15) is 92.4 Å². The van der Waals surface area contributed by atoms with Crippen molar-refractivity contribution in [2.75, 3.05) is 19.8 Å². The van der Waals surface area contributed by atoms with Crippen LogP contribution >= 0.6 is 0 Å². The Labute approximate surface area is 373 Å². The van der Waals surface area contributed by atoms with E-state index in [-0.39, 0.29) is 42.3 Å². The van der Waals surface area contributed by atoms with Crippen LogP contribution in [-0.4, -0.2) is 197 Å². The maximum Gasteiger partial charge on any atom is 0.187 e. The number of fused-ring (bicyclic) bond motifs is 7. The van der Waals surface area contributed by atoms with Gasteiger partial charge in [0.2, 0.25) is 0 Å². The van der Waals surface area contributed by atoms with Gasteiger partial charge in [-0.1, -0.05) is 39.3 Å². The third kappa shape index (κ3) is 8.06. The molecule has 4 aliphatic heterocycles.